The van der Waals surface area contributed by atoms with Crippen LogP contribution in [-0.4, -0.2) is 0 Å². The molecule has 0 bridgehead atoms. The van der Waals surface area contributed by atoms with Gasteiger partial charge in [0.15, 0.2) is 0 Å². The number of rotatable bonds is 5. The Morgan fingerprint density at radius 2 is 0.810 bits per heavy atom. The molecule has 3 aliphatic carbocycles. The predicted octanol–water partition coefficient (Wildman–Crippen LogP) is 13.8. The van der Waals surface area contributed by atoms with E-state index < -0.39 is 10.8 Å². The normalized spacial score (nSPS) is 15.7. The number of nitrogens with zero attached hydrogens (tertiary/aromatic N) is 1. The highest BCUT2D eigenvalue weighted by molar-refractivity contribution is 5.90. The lowest BCUT2D eigenvalue weighted by atomic mass is 9.64. The summed E-state index contributed by atoms with van der Waals surface area (Å²) in [4.78, 5) is 2.40. The van der Waals surface area contributed by atoms with Crippen LogP contribution in [0.15, 0.2) is 224 Å². The van der Waals surface area contributed by atoms with Crippen LogP contribution < -0.4 is 9.64 Å². The highest BCUT2D eigenvalue weighted by Gasteiger charge is 2.53. The van der Waals surface area contributed by atoms with Crippen LogP contribution in [0.1, 0.15) is 51.8 Å². The summed E-state index contributed by atoms with van der Waals surface area (Å²) in [6, 6.07) is 73.8. The summed E-state index contributed by atoms with van der Waals surface area (Å²) in [7, 11) is 0. The Labute approximate surface area is 339 Å². The Morgan fingerprint density at radius 1 is 0.362 bits per heavy atom. The summed E-state index contributed by atoms with van der Waals surface area (Å²) in [5.74, 6) is 1.89. The molecule has 0 amide bonds. The van der Waals surface area contributed by atoms with Gasteiger partial charge in [-0.3, -0.25) is 0 Å². The molecule has 1 aliphatic heterocycles. The van der Waals surface area contributed by atoms with Gasteiger partial charge in [0.2, 0.25) is 0 Å². The van der Waals surface area contributed by atoms with E-state index >= 15 is 0 Å². The smallest absolute Gasteiger partial charge is 0.132 e. The maximum atomic E-state index is 6.86. The van der Waals surface area contributed by atoms with Gasteiger partial charge in [-0.2, -0.15) is 0 Å². The lowest BCUT2D eigenvalue weighted by Crippen LogP contribution is -2.36. The van der Waals surface area contributed by atoms with E-state index in [1.54, 1.807) is 0 Å². The second-order valence-electron chi connectivity index (χ2n) is 15.8. The van der Waals surface area contributed by atoms with Crippen LogP contribution in [0.3, 0.4) is 0 Å². The van der Waals surface area contributed by atoms with Gasteiger partial charge in [-0.15, -0.1) is 0 Å². The average Bonchev–Trinajstić information content (AvgIpc) is 3.76. The van der Waals surface area contributed by atoms with Crippen molar-refractivity contribution in [1.29, 1.82) is 0 Å². The first-order valence-corrected chi connectivity index (χ1v) is 20.4. The van der Waals surface area contributed by atoms with Crippen LogP contribution in [0.25, 0.3) is 22.3 Å². The maximum absolute atomic E-state index is 6.86. The Kier molecular flexibility index (Phi) is 7.22. The van der Waals surface area contributed by atoms with E-state index in [0.29, 0.717) is 0 Å². The van der Waals surface area contributed by atoms with Crippen LogP contribution in [-0.2, 0) is 10.8 Å². The highest BCUT2D eigenvalue weighted by Crippen LogP contribution is 2.63. The van der Waals surface area contributed by atoms with Crippen LogP contribution in [0.5, 0.6) is 5.75 Å². The predicted molar refractivity (Wildman–Crippen MR) is 236 cm³/mol. The van der Waals surface area contributed by atoms with Gasteiger partial charge in [0, 0.05) is 28.2 Å². The van der Waals surface area contributed by atoms with Gasteiger partial charge >= 0.3 is 0 Å². The molecule has 0 saturated carbocycles. The van der Waals surface area contributed by atoms with Gasteiger partial charge in [-0.1, -0.05) is 164 Å². The van der Waals surface area contributed by atoms with E-state index in [9.17, 15) is 0 Å². The number of para-hydroxylation sites is 1. The quantitative estimate of drug-likeness (QED) is 0.174. The Bertz CT molecular complexity index is 2880. The standard InChI is InChI=1S/C56H39NO/c1-3-17-38(18-4-1)55(47-25-11-7-21-43(47)44-22-8-12-26-48(44)55)39-31-33-41(34-32-39)57(40-19-5-2-6-20-40)42-35-36-54-52(37-42)56(51-29-15-16-30-53(51)58-54)49-27-13-9-23-45(49)46-24-10-14-28-50(46)56/h1-14,17-37H,15-16H2. The molecule has 0 radical (unpaired) electrons. The molecule has 8 aromatic rings. The van der Waals surface area contributed by atoms with Crippen LogP contribution in [0, 0.1) is 0 Å². The van der Waals surface area contributed by atoms with Gasteiger partial charge in [0.1, 0.15) is 11.5 Å². The first-order valence-electron chi connectivity index (χ1n) is 20.4. The van der Waals surface area contributed by atoms with E-state index in [2.05, 4.69) is 217 Å². The van der Waals surface area contributed by atoms with E-state index in [1.807, 2.05) is 0 Å². The van der Waals surface area contributed by atoms with Gasteiger partial charge in [-0.25, -0.2) is 0 Å². The van der Waals surface area contributed by atoms with Gasteiger partial charge in [0.05, 0.1) is 10.8 Å². The molecule has 0 unspecified atom stereocenters. The zero-order valence-corrected chi connectivity index (χ0v) is 32.0. The summed E-state index contributed by atoms with van der Waals surface area (Å²) in [6.07, 6.45) is 6.69. The fourth-order valence-electron chi connectivity index (χ4n) is 10.8. The number of hydrogen-bond donors (Lipinski definition) is 0. The Hall–Kier alpha value is -7.16. The third kappa shape index (κ3) is 4.43. The summed E-state index contributed by atoms with van der Waals surface area (Å²) < 4.78 is 6.86. The van der Waals surface area contributed by atoms with Gasteiger partial charge < -0.3 is 9.64 Å². The molecule has 0 fully saturated rings. The SMILES string of the molecule is C1=C2Oc3ccc(N(c4ccccc4)c4ccc(C5(c6ccccc6)c6ccccc6-c6ccccc65)cc4)cc3C3(C2=CCC1)c1ccccc1-c1ccccc13. The van der Waals surface area contributed by atoms with Crippen molar-refractivity contribution in [3.63, 3.8) is 0 Å². The van der Waals surface area contributed by atoms with Crippen LogP contribution >= 0.6 is 0 Å². The molecule has 2 heteroatoms. The minimum absolute atomic E-state index is 0.456. The number of fused-ring (bicyclic) bond motifs is 12. The van der Waals surface area contributed by atoms with Crippen molar-refractivity contribution in [3.8, 4) is 28.0 Å². The number of anilines is 3. The maximum Gasteiger partial charge on any atom is 0.132 e. The van der Waals surface area contributed by atoms with Crippen molar-refractivity contribution in [2.24, 2.45) is 0 Å². The summed E-state index contributed by atoms with van der Waals surface area (Å²) in [5.41, 5.74) is 17.7. The summed E-state index contributed by atoms with van der Waals surface area (Å²) >= 11 is 0. The van der Waals surface area contributed by atoms with Crippen molar-refractivity contribution in [2.75, 3.05) is 4.90 Å². The highest BCUT2D eigenvalue weighted by atomic mass is 16.5. The molecule has 2 nitrogen and oxygen atoms in total. The number of allylic oxidation sites excluding steroid dienone is 3. The second kappa shape index (κ2) is 12.7. The molecule has 1 heterocycles. The van der Waals surface area contributed by atoms with Crippen molar-refractivity contribution < 1.29 is 4.74 Å². The molecule has 8 aromatic carbocycles. The molecule has 4 aliphatic rings. The van der Waals surface area contributed by atoms with Crippen LogP contribution in [0.4, 0.5) is 17.1 Å². The number of hydrogen-bond acceptors (Lipinski definition) is 2. The molecule has 0 aromatic heterocycles. The molecular weight excluding hydrogens is 703 g/mol. The van der Waals surface area contributed by atoms with Crippen molar-refractivity contribution in [2.45, 2.75) is 23.7 Å². The molecule has 12 rings (SSSR count). The van der Waals surface area contributed by atoms with E-state index in [0.717, 1.165) is 41.4 Å². The monoisotopic (exact) mass is 741 g/mol. The lowest BCUT2D eigenvalue weighted by Gasteiger charge is -2.42. The minimum Gasteiger partial charge on any atom is -0.457 e. The summed E-state index contributed by atoms with van der Waals surface area (Å²) in [5, 5.41) is 0. The topological polar surface area (TPSA) is 12.5 Å². The zero-order chi connectivity index (χ0) is 38.3. The van der Waals surface area contributed by atoms with E-state index in [1.165, 1.54) is 66.8 Å². The van der Waals surface area contributed by atoms with Crippen molar-refractivity contribution in [3.05, 3.63) is 263 Å². The van der Waals surface area contributed by atoms with E-state index in [-0.39, 0.29) is 0 Å². The first-order chi connectivity index (χ1) is 28.8. The van der Waals surface area contributed by atoms with E-state index in [4.69, 9.17) is 4.74 Å². The first kappa shape index (κ1) is 33.0. The van der Waals surface area contributed by atoms with Gasteiger partial charge in [0.25, 0.3) is 0 Å². The average molecular weight is 742 g/mol. The fourth-order valence-corrected chi connectivity index (χ4v) is 10.8. The molecule has 0 N–H and O–H groups in total. The van der Waals surface area contributed by atoms with Crippen LogP contribution in [0.2, 0.25) is 0 Å². The molecule has 0 saturated heterocycles. The summed E-state index contributed by atoms with van der Waals surface area (Å²) in [6.45, 7) is 0. The zero-order valence-electron chi connectivity index (χ0n) is 32.0. The lowest BCUT2D eigenvalue weighted by molar-refractivity contribution is 0.383. The molecule has 1 spiro atoms. The third-order valence-corrected chi connectivity index (χ3v) is 13.0. The fraction of sp³-hybridized carbons (Fsp3) is 0.0714. The number of benzene rings is 8. The number of ether oxygens (including phenoxy) is 1. The van der Waals surface area contributed by atoms with Gasteiger partial charge in [-0.05, 0) is 117 Å². The Morgan fingerprint density at radius 3 is 1.40 bits per heavy atom. The minimum atomic E-state index is -0.499. The third-order valence-electron chi connectivity index (χ3n) is 13.0. The molecule has 58 heavy (non-hydrogen) atoms. The molecule has 0 atom stereocenters. The Balaban J connectivity index is 1.07. The molecule has 274 valence electrons. The second-order valence-corrected chi connectivity index (χ2v) is 15.8. The van der Waals surface area contributed by atoms with Crippen molar-refractivity contribution >= 4 is 17.1 Å². The molecular formula is C56H39NO. The largest absolute Gasteiger partial charge is 0.457 e. The van der Waals surface area contributed by atoms with Crippen molar-refractivity contribution in [1.82, 2.24) is 0 Å².